The van der Waals surface area contributed by atoms with Gasteiger partial charge in [0.2, 0.25) is 0 Å². The minimum atomic E-state index is 0.270. The van der Waals surface area contributed by atoms with Crippen molar-refractivity contribution in [3.63, 3.8) is 0 Å². The summed E-state index contributed by atoms with van der Waals surface area (Å²) in [7, 11) is 0. The van der Waals surface area contributed by atoms with Crippen molar-refractivity contribution < 1.29 is 8.83 Å². The quantitative estimate of drug-likeness (QED) is 0.470. The SMILES string of the molecule is c1ccc(-c2nnc(-c3cccc(-c4nnc(-c5ccccn5)o4)n3)o2)nc1. The Morgan fingerprint density at radius 1 is 0.464 bits per heavy atom. The van der Waals surface area contributed by atoms with Crippen LogP contribution in [0.1, 0.15) is 0 Å². The van der Waals surface area contributed by atoms with Crippen molar-refractivity contribution in [3.05, 3.63) is 67.0 Å². The fraction of sp³-hybridized carbons (Fsp3) is 0. The van der Waals surface area contributed by atoms with Gasteiger partial charge in [0.1, 0.15) is 22.8 Å². The monoisotopic (exact) mass is 369 g/mol. The molecule has 5 heterocycles. The van der Waals surface area contributed by atoms with E-state index in [0.29, 0.717) is 34.6 Å². The van der Waals surface area contributed by atoms with E-state index in [0.717, 1.165) is 0 Å². The minimum Gasteiger partial charge on any atom is -0.413 e. The maximum absolute atomic E-state index is 5.70. The molecule has 9 nitrogen and oxygen atoms in total. The summed E-state index contributed by atoms with van der Waals surface area (Å²) in [6.45, 7) is 0. The lowest BCUT2D eigenvalue weighted by atomic mass is 10.3. The van der Waals surface area contributed by atoms with Crippen LogP contribution in [0.15, 0.2) is 75.8 Å². The van der Waals surface area contributed by atoms with Crippen LogP contribution >= 0.6 is 0 Å². The second-order valence-corrected chi connectivity index (χ2v) is 5.66. The van der Waals surface area contributed by atoms with E-state index < -0.39 is 0 Å². The zero-order chi connectivity index (χ0) is 18.8. The Hall–Kier alpha value is -4.27. The molecule has 9 heteroatoms. The first-order valence-corrected chi connectivity index (χ1v) is 8.34. The van der Waals surface area contributed by atoms with Gasteiger partial charge in [0.25, 0.3) is 23.6 Å². The molecule has 28 heavy (non-hydrogen) atoms. The van der Waals surface area contributed by atoms with Gasteiger partial charge in [-0.25, -0.2) is 4.98 Å². The Bertz CT molecular complexity index is 1130. The Morgan fingerprint density at radius 3 is 1.32 bits per heavy atom. The lowest BCUT2D eigenvalue weighted by Crippen LogP contribution is -1.88. The zero-order valence-electron chi connectivity index (χ0n) is 14.3. The first-order valence-electron chi connectivity index (χ1n) is 8.34. The molecule has 0 fully saturated rings. The van der Waals surface area contributed by atoms with Gasteiger partial charge in [0, 0.05) is 12.4 Å². The molecule has 5 aromatic heterocycles. The lowest BCUT2D eigenvalue weighted by Gasteiger charge is -1.97. The molecule has 0 saturated heterocycles. The van der Waals surface area contributed by atoms with Gasteiger partial charge >= 0.3 is 0 Å². The van der Waals surface area contributed by atoms with Crippen molar-refractivity contribution in [1.29, 1.82) is 0 Å². The Morgan fingerprint density at radius 2 is 0.893 bits per heavy atom. The third kappa shape index (κ3) is 3.01. The van der Waals surface area contributed by atoms with E-state index in [2.05, 4.69) is 35.3 Å². The van der Waals surface area contributed by atoms with Gasteiger partial charge in [-0.05, 0) is 36.4 Å². The summed E-state index contributed by atoms with van der Waals surface area (Å²) in [5, 5.41) is 16.2. The van der Waals surface area contributed by atoms with Crippen molar-refractivity contribution in [2.75, 3.05) is 0 Å². The molecule has 0 aliphatic rings. The van der Waals surface area contributed by atoms with Gasteiger partial charge in [-0.3, -0.25) is 9.97 Å². The molecule has 0 spiro atoms. The van der Waals surface area contributed by atoms with Gasteiger partial charge in [0.05, 0.1) is 0 Å². The summed E-state index contributed by atoms with van der Waals surface area (Å²) in [6.07, 6.45) is 3.32. The van der Waals surface area contributed by atoms with Crippen molar-refractivity contribution >= 4 is 0 Å². The molecular weight excluding hydrogens is 358 g/mol. The third-order valence-electron chi connectivity index (χ3n) is 3.81. The van der Waals surface area contributed by atoms with E-state index in [9.17, 15) is 0 Å². The second-order valence-electron chi connectivity index (χ2n) is 5.66. The average Bonchev–Trinajstić information content (AvgIpc) is 3.46. The molecule has 0 atom stereocenters. The molecule has 5 rings (SSSR count). The van der Waals surface area contributed by atoms with Gasteiger partial charge < -0.3 is 8.83 Å². The predicted molar refractivity (Wildman–Crippen MR) is 97.3 cm³/mol. The fourth-order valence-electron chi connectivity index (χ4n) is 2.51. The molecule has 0 amide bonds. The fourth-order valence-corrected chi connectivity index (χ4v) is 2.51. The van der Waals surface area contributed by atoms with E-state index in [-0.39, 0.29) is 11.8 Å². The number of aromatic nitrogens is 7. The van der Waals surface area contributed by atoms with Crippen LogP contribution in [0.2, 0.25) is 0 Å². The Kier molecular flexibility index (Phi) is 3.87. The standard InChI is InChI=1S/C19H11N7O2/c1-3-10-20-12(6-1)16-23-25-18(27-16)14-8-5-9-15(22-14)19-26-24-17(28-19)13-7-2-4-11-21-13/h1-11H. The topological polar surface area (TPSA) is 117 Å². The molecule has 0 saturated carbocycles. The number of rotatable bonds is 4. The molecule has 0 aromatic carbocycles. The van der Waals surface area contributed by atoms with E-state index >= 15 is 0 Å². The summed E-state index contributed by atoms with van der Waals surface area (Å²) in [4.78, 5) is 12.9. The molecule has 0 radical (unpaired) electrons. The summed E-state index contributed by atoms with van der Waals surface area (Å²) < 4.78 is 11.4. The average molecular weight is 369 g/mol. The maximum atomic E-state index is 5.70. The summed E-state index contributed by atoms with van der Waals surface area (Å²) >= 11 is 0. The second kappa shape index (κ2) is 6.80. The van der Waals surface area contributed by atoms with E-state index in [4.69, 9.17) is 8.83 Å². The number of hydrogen-bond donors (Lipinski definition) is 0. The van der Waals surface area contributed by atoms with Crippen LogP contribution in [-0.4, -0.2) is 35.3 Å². The molecule has 0 N–H and O–H groups in total. The van der Waals surface area contributed by atoms with Crippen molar-refractivity contribution in [1.82, 2.24) is 35.3 Å². The number of pyridine rings is 3. The van der Waals surface area contributed by atoms with Gasteiger partial charge in [-0.15, -0.1) is 20.4 Å². The Labute approximate surface area is 158 Å². The molecule has 0 bridgehead atoms. The predicted octanol–water partition coefficient (Wildman–Crippen LogP) is 3.31. The first-order chi connectivity index (χ1) is 13.9. The highest BCUT2D eigenvalue weighted by Crippen LogP contribution is 2.25. The molecule has 0 aliphatic carbocycles. The van der Waals surface area contributed by atoms with Crippen LogP contribution in [0, 0.1) is 0 Å². The van der Waals surface area contributed by atoms with E-state index in [1.54, 1.807) is 42.7 Å². The molecular formula is C19H11N7O2. The summed E-state index contributed by atoms with van der Waals surface area (Å²) in [5.74, 6) is 1.18. The lowest BCUT2D eigenvalue weighted by molar-refractivity contribution is 0.575. The third-order valence-corrected chi connectivity index (χ3v) is 3.81. The molecule has 0 aliphatic heterocycles. The maximum Gasteiger partial charge on any atom is 0.266 e. The highest BCUT2D eigenvalue weighted by Gasteiger charge is 2.16. The van der Waals surface area contributed by atoms with Crippen LogP contribution in [0.25, 0.3) is 46.3 Å². The van der Waals surface area contributed by atoms with E-state index in [1.165, 1.54) is 0 Å². The summed E-state index contributed by atoms with van der Waals surface area (Å²) in [5.41, 5.74) is 2.16. The van der Waals surface area contributed by atoms with Crippen LogP contribution in [0.5, 0.6) is 0 Å². The van der Waals surface area contributed by atoms with Crippen LogP contribution in [0.3, 0.4) is 0 Å². The minimum absolute atomic E-state index is 0.270. The van der Waals surface area contributed by atoms with Gasteiger partial charge in [0.15, 0.2) is 0 Å². The Balaban J connectivity index is 1.46. The molecule has 0 unspecified atom stereocenters. The molecule has 5 aromatic rings. The largest absolute Gasteiger partial charge is 0.413 e. The smallest absolute Gasteiger partial charge is 0.266 e. The number of hydrogen-bond acceptors (Lipinski definition) is 9. The van der Waals surface area contributed by atoms with E-state index in [1.807, 2.05) is 24.3 Å². The molecule has 134 valence electrons. The highest BCUT2D eigenvalue weighted by atomic mass is 16.4. The van der Waals surface area contributed by atoms with Gasteiger partial charge in [-0.2, -0.15) is 0 Å². The number of nitrogens with zero attached hydrogens (tertiary/aromatic N) is 7. The van der Waals surface area contributed by atoms with Crippen molar-refractivity contribution in [3.8, 4) is 46.3 Å². The van der Waals surface area contributed by atoms with Crippen LogP contribution in [0.4, 0.5) is 0 Å². The van der Waals surface area contributed by atoms with Gasteiger partial charge in [-0.1, -0.05) is 18.2 Å². The van der Waals surface area contributed by atoms with Crippen molar-refractivity contribution in [2.45, 2.75) is 0 Å². The first kappa shape index (κ1) is 15.9. The summed E-state index contributed by atoms with van der Waals surface area (Å²) in [6, 6.07) is 16.2. The van der Waals surface area contributed by atoms with Crippen LogP contribution < -0.4 is 0 Å². The van der Waals surface area contributed by atoms with Crippen LogP contribution in [-0.2, 0) is 0 Å². The highest BCUT2D eigenvalue weighted by molar-refractivity contribution is 5.58. The van der Waals surface area contributed by atoms with Crippen molar-refractivity contribution in [2.24, 2.45) is 0 Å². The zero-order valence-corrected chi connectivity index (χ0v) is 14.3. The normalized spacial score (nSPS) is 10.9.